The second-order valence-corrected chi connectivity index (χ2v) is 5.80. The second-order valence-electron chi connectivity index (χ2n) is 4.75. The van der Waals surface area contributed by atoms with Gasteiger partial charge in [0.15, 0.2) is 0 Å². The summed E-state index contributed by atoms with van der Waals surface area (Å²) in [7, 11) is 1.64. The zero-order valence-corrected chi connectivity index (χ0v) is 12.3. The Balaban J connectivity index is 2.42. The number of carbonyl (C=O) groups excluding carboxylic acids is 1. The molecule has 1 amide bonds. The highest BCUT2D eigenvalue weighted by Crippen LogP contribution is 2.21. The Morgan fingerprint density at radius 2 is 1.94 bits per heavy atom. The minimum absolute atomic E-state index is 0.0719. The third-order valence-electron chi connectivity index (χ3n) is 2.79. The molecule has 0 bridgehead atoms. The molecule has 3 nitrogen and oxygen atoms in total. The molecule has 0 saturated carbocycles. The van der Waals surface area contributed by atoms with Crippen LogP contribution in [0.25, 0.3) is 0 Å². The maximum absolute atomic E-state index is 11.8. The van der Waals surface area contributed by atoms with E-state index in [0.717, 1.165) is 17.1 Å². The van der Waals surface area contributed by atoms with Gasteiger partial charge in [-0.05, 0) is 44.5 Å². The van der Waals surface area contributed by atoms with Crippen molar-refractivity contribution in [1.29, 1.82) is 0 Å². The molecule has 0 spiro atoms. The first-order valence-corrected chi connectivity index (χ1v) is 7.03. The monoisotopic (exact) mass is 267 g/mol. The van der Waals surface area contributed by atoms with Crippen molar-refractivity contribution in [3.8, 4) is 5.75 Å². The van der Waals surface area contributed by atoms with Gasteiger partial charge in [-0.3, -0.25) is 4.79 Å². The van der Waals surface area contributed by atoms with Crippen molar-refractivity contribution >= 4 is 17.7 Å². The average molecular weight is 267 g/mol. The van der Waals surface area contributed by atoms with E-state index in [1.54, 1.807) is 7.11 Å². The van der Waals surface area contributed by atoms with Gasteiger partial charge in [-0.2, -0.15) is 0 Å². The van der Waals surface area contributed by atoms with Crippen LogP contribution in [0.2, 0.25) is 0 Å². The first-order chi connectivity index (χ1) is 8.46. The molecular weight excluding hydrogens is 246 g/mol. The van der Waals surface area contributed by atoms with E-state index in [2.05, 4.69) is 12.2 Å². The lowest BCUT2D eigenvalue weighted by atomic mass is 10.0. The SMILES string of the molecule is CCC(C)(C)NC(=O)CSc1ccc(OC)cc1. The van der Waals surface area contributed by atoms with Crippen molar-refractivity contribution in [3.63, 3.8) is 0 Å². The molecule has 1 N–H and O–H groups in total. The number of hydrogen-bond donors (Lipinski definition) is 1. The maximum atomic E-state index is 11.8. The molecule has 100 valence electrons. The molecule has 1 aromatic rings. The Morgan fingerprint density at radius 1 is 1.33 bits per heavy atom. The molecule has 1 aromatic carbocycles. The average Bonchev–Trinajstić information content (AvgIpc) is 2.36. The smallest absolute Gasteiger partial charge is 0.230 e. The predicted octanol–water partition coefficient (Wildman–Crippen LogP) is 3.09. The maximum Gasteiger partial charge on any atom is 0.230 e. The molecule has 0 aliphatic heterocycles. The molecule has 0 aliphatic carbocycles. The van der Waals surface area contributed by atoms with E-state index < -0.39 is 0 Å². The number of methoxy groups -OCH3 is 1. The fourth-order valence-electron chi connectivity index (χ4n) is 1.32. The highest BCUT2D eigenvalue weighted by atomic mass is 32.2. The van der Waals surface area contributed by atoms with Crippen molar-refractivity contribution in [3.05, 3.63) is 24.3 Å². The van der Waals surface area contributed by atoms with Crippen LogP contribution in [0.15, 0.2) is 29.2 Å². The van der Waals surface area contributed by atoms with E-state index in [1.807, 2.05) is 38.1 Å². The normalized spacial score (nSPS) is 11.1. The second kappa shape index (κ2) is 6.69. The number of hydrogen-bond acceptors (Lipinski definition) is 3. The highest BCUT2D eigenvalue weighted by Gasteiger charge is 2.17. The summed E-state index contributed by atoms with van der Waals surface area (Å²) >= 11 is 1.53. The number of nitrogens with one attached hydrogen (secondary N) is 1. The van der Waals surface area contributed by atoms with Crippen LogP contribution in [0.3, 0.4) is 0 Å². The summed E-state index contributed by atoms with van der Waals surface area (Å²) in [5.41, 5.74) is -0.127. The highest BCUT2D eigenvalue weighted by molar-refractivity contribution is 8.00. The van der Waals surface area contributed by atoms with Crippen molar-refractivity contribution in [1.82, 2.24) is 5.32 Å². The lowest BCUT2D eigenvalue weighted by Gasteiger charge is -2.24. The van der Waals surface area contributed by atoms with Gasteiger partial charge in [-0.1, -0.05) is 6.92 Å². The van der Waals surface area contributed by atoms with Gasteiger partial charge in [-0.15, -0.1) is 11.8 Å². The Bertz CT molecular complexity index is 387. The number of thioether (sulfide) groups is 1. The Kier molecular flexibility index (Phi) is 5.54. The third kappa shape index (κ3) is 5.00. The lowest BCUT2D eigenvalue weighted by molar-refractivity contribution is -0.120. The van der Waals surface area contributed by atoms with Crippen LogP contribution in [-0.4, -0.2) is 24.3 Å². The van der Waals surface area contributed by atoms with E-state index in [9.17, 15) is 4.79 Å². The van der Waals surface area contributed by atoms with Crippen LogP contribution < -0.4 is 10.1 Å². The molecule has 1 rings (SSSR count). The number of ether oxygens (including phenoxy) is 1. The standard InChI is InChI=1S/C14H21NO2S/c1-5-14(2,3)15-13(16)10-18-12-8-6-11(17-4)7-9-12/h6-9H,5,10H2,1-4H3,(H,15,16). The topological polar surface area (TPSA) is 38.3 Å². The van der Waals surface area contributed by atoms with Gasteiger partial charge < -0.3 is 10.1 Å². The minimum atomic E-state index is -0.127. The number of benzene rings is 1. The summed E-state index contributed by atoms with van der Waals surface area (Å²) in [4.78, 5) is 12.8. The van der Waals surface area contributed by atoms with E-state index in [0.29, 0.717) is 5.75 Å². The van der Waals surface area contributed by atoms with Crippen molar-refractivity contribution in [2.45, 2.75) is 37.6 Å². The molecule has 18 heavy (non-hydrogen) atoms. The van der Waals surface area contributed by atoms with Crippen LogP contribution >= 0.6 is 11.8 Å². The molecule has 0 unspecified atom stereocenters. The third-order valence-corrected chi connectivity index (χ3v) is 3.80. The van der Waals surface area contributed by atoms with E-state index in [-0.39, 0.29) is 11.4 Å². The van der Waals surface area contributed by atoms with E-state index >= 15 is 0 Å². The zero-order valence-electron chi connectivity index (χ0n) is 11.4. The van der Waals surface area contributed by atoms with E-state index in [4.69, 9.17) is 4.74 Å². The number of amides is 1. The van der Waals surface area contributed by atoms with Gasteiger partial charge in [-0.25, -0.2) is 0 Å². The first-order valence-electron chi connectivity index (χ1n) is 6.04. The Morgan fingerprint density at radius 3 is 2.44 bits per heavy atom. The van der Waals surface area contributed by atoms with Gasteiger partial charge in [0.25, 0.3) is 0 Å². The largest absolute Gasteiger partial charge is 0.497 e. The van der Waals surface area contributed by atoms with Crippen LogP contribution in [0, 0.1) is 0 Å². The fraction of sp³-hybridized carbons (Fsp3) is 0.500. The zero-order chi connectivity index (χ0) is 13.6. The van der Waals surface area contributed by atoms with Gasteiger partial charge >= 0.3 is 0 Å². The summed E-state index contributed by atoms with van der Waals surface area (Å²) in [5.74, 6) is 1.34. The molecule has 0 aliphatic rings. The van der Waals surface area contributed by atoms with Crippen molar-refractivity contribution in [2.24, 2.45) is 0 Å². The lowest BCUT2D eigenvalue weighted by Crippen LogP contribution is -2.43. The summed E-state index contributed by atoms with van der Waals surface area (Å²) in [6.07, 6.45) is 0.923. The van der Waals surface area contributed by atoms with Crippen molar-refractivity contribution < 1.29 is 9.53 Å². The van der Waals surface area contributed by atoms with Crippen LogP contribution in [0.4, 0.5) is 0 Å². The molecule has 0 atom stereocenters. The molecular formula is C14H21NO2S. The van der Waals surface area contributed by atoms with Gasteiger partial charge in [0.05, 0.1) is 12.9 Å². The molecule has 0 aromatic heterocycles. The summed E-state index contributed by atoms with van der Waals surface area (Å²) < 4.78 is 5.09. The minimum Gasteiger partial charge on any atom is -0.497 e. The molecule has 0 radical (unpaired) electrons. The van der Waals surface area contributed by atoms with Crippen molar-refractivity contribution in [2.75, 3.05) is 12.9 Å². The summed E-state index contributed by atoms with van der Waals surface area (Å²) in [6, 6.07) is 7.72. The fourth-order valence-corrected chi connectivity index (χ4v) is 2.02. The van der Waals surface area contributed by atoms with Gasteiger partial charge in [0.2, 0.25) is 5.91 Å². The van der Waals surface area contributed by atoms with Crippen LogP contribution in [-0.2, 0) is 4.79 Å². The molecule has 0 heterocycles. The van der Waals surface area contributed by atoms with Crippen LogP contribution in [0.5, 0.6) is 5.75 Å². The first kappa shape index (κ1) is 14.9. The van der Waals surface area contributed by atoms with E-state index in [1.165, 1.54) is 11.8 Å². The van der Waals surface area contributed by atoms with Crippen LogP contribution in [0.1, 0.15) is 27.2 Å². The predicted molar refractivity (Wildman–Crippen MR) is 76.2 cm³/mol. The van der Waals surface area contributed by atoms with Gasteiger partial charge in [0.1, 0.15) is 5.75 Å². The molecule has 4 heteroatoms. The Hall–Kier alpha value is -1.16. The number of carbonyl (C=O) groups is 1. The quantitative estimate of drug-likeness (QED) is 0.805. The summed E-state index contributed by atoms with van der Waals surface area (Å²) in [5, 5.41) is 3.01. The van der Waals surface area contributed by atoms with Gasteiger partial charge in [0, 0.05) is 10.4 Å². The molecule has 0 saturated heterocycles. The summed E-state index contributed by atoms with van der Waals surface area (Å²) in [6.45, 7) is 6.13. The Labute approximate surface area is 113 Å². The molecule has 0 fully saturated rings. The number of rotatable bonds is 6.